The molecule has 0 saturated heterocycles. The molecule has 0 saturated carbocycles. The van der Waals surface area contributed by atoms with Crippen LogP contribution in [0.4, 0.5) is 0 Å². The molecule has 1 aromatic heterocycles. The smallest absolute Gasteiger partial charge is 0.0322 e. The van der Waals surface area contributed by atoms with E-state index in [1.165, 1.54) is 9.75 Å². The van der Waals surface area contributed by atoms with Crippen molar-refractivity contribution in [2.24, 2.45) is 0 Å². The van der Waals surface area contributed by atoms with Crippen molar-refractivity contribution in [1.82, 2.24) is 0 Å². The van der Waals surface area contributed by atoms with Gasteiger partial charge in [0.1, 0.15) is 0 Å². The summed E-state index contributed by atoms with van der Waals surface area (Å²) in [6.45, 7) is 11.1. The Morgan fingerprint density at radius 2 is 1.57 bits per heavy atom. The molecule has 0 fully saturated rings. The fourth-order valence-corrected chi connectivity index (χ4v) is 3.74. The lowest BCUT2D eigenvalue weighted by Gasteiger charge is -2.17. The molecule has 1 aromatic rings. The predicted octanol–water partition coefficient (Wildman–Crippen LogP) is 4.75. The number of thiophene rings is 1. The molecule has 0 nitrogen and oxygen atoms in total. The molecule has 80 valence electrons. The average Bonchev–Trinajstić information content (AvgIpc) is 2.28. The molecule has 0 aliphatic heterocycles. The van der Waals surface area contributed by atoms with Crippen molar-refractivity contribution in [3.8, 4) is 0 Å². The maximum atomic E-state index is 4.55. The molecule has 0 amide bonds. The van der Waals surface area contributed by atoms with Crippen molar-refractivity contribution in [3.05, 3.63) is 9.75 Å². The molecule has 0 aliphatic rings. The van der Waals surface area contributed by atoms with Gasteiger partial charge in [0.15, 0.2) is 0 Å². The van der Waals surface area contributed by atoms with E-state index in [0.29, 0.717) is 5.92 Å². The molecule has 3 heteroatoms. The highest BCUT2D eigenvalue weighted by Gasteiger charge is 2.24. The van der Waals surface area contributed by atoms with Crippen LogP contribution in [0.5, 0.6) is 0 Å². The van der Waals surface area contributed by atoms with Crippen LogP contribution in [0.15, 0.2) is 9.79 Å². The number of hydrogen-bond donors (Lipinski definition) is 2. The third-order valence-corrected chi connectivity index (χ3v) is 5.40. The lowest BCUT2D eigenvalue weighted by molar-refractivity contribution is 0.591. The Kier molecular flexibility index (Phi) is 3.66. The first-order valence-corrected chi connectivity index (χ1v) is 6.51. The normalized spacial score (nSPS) is 12.6. The second kappa shape index (κ2) is 4.11. The molecule has 1 heterocycles. The van der Waals surface area contributed by atoms with E-state index in [4.69, 9.17) is 0 Å². The van der Waals surface area contributed by atoms with Crippen LogP contribution in [0.25, 0.3) is 0 Å². The summed E-state index contributed by atoms with van der Waals surface area (Å²) in [7, 11) is 0. The van der Waals surface area contributed by atoms with Gasteiger partial charge in [0.2, 0.25) is 0 Å². The quantitative estimate of drug-likeness (QED) is 0.657. The summed E-state index contributed by atoms with van der Waals surface area (Å²) < 4.78 is 0. The van der Waals surface area contributed by atoms with Crippen LogP contribution in [-0.4, -0.2) is 0 Å². The Bertz CT molecular complexity index is 329. The van der Waals surface area contributed by atoms with Crippen molar-refractivity contribution < 1.29 is 0 Å². The van der Waals surface area contributed by atoms with Crippen LogP contribution in [0.1, 0.15) is 50.3 Å². The topological polar surface area (TPSA) is 0 Å². The van der Waals surface area contributed by atoms with Crippen LogP contribution < -0.4 is 0 Å². The van der Waals surface area contributed by atoms with Gasteiger partial charge in [-0.05, 0) is 11.3 Å². The van der Waals surface area contributed by atoms with Crippen molar-refractivity contribution in [1.29, 1.82) is 0 Å². The average molecular weight is 246 g/mol. The molecule has 14 heavy (non-hydrogen) atoms. The van der Waals surface area contributed by atoms with Gasteiger partial charge in [0.05, 0.1) is 0 Å². The van der Waals surface area contributed by atoms with E-state index >= 15 is 0 Å². The predicted molar refractivity (Wildman–Crippen MR) is 71.6 cm³/mol. The Labute approximate surface area is 102 Å². The Balaban J connectivity index is 3.29. The molecule has 0 unspecified atom stereocenters. The van der Waals surface area contributed by atoms with Crippen LogP contribution in [0.3, 0.4) is 0 Å². The van der Waals surface area contributed by atoms with E-state index in [-0.39, 0.29) is 5.41 Å². The highest BCUT2D eigenvalue weighted by Crippen LogP contribution is 2.43. The lowest BCUT2D eigenvalue weighted by atomic mass is 9.94. The van der Waals surface area contributed by atoms with Crippen LogP contribution in [0.2, 0.25) is 0 Å². The Morgan fingerprint density at radius 3 is 1.79 bits per heavy atom. The van der Waals surface area contributed by atoms with Gasteiger partial charge < -0.3 is 0 Å². The summed E-state index contributed by atoms with van der Waals surface area (Å²) in [5.74, 6) is 0.537. The SMILES string of the molecule is CC(C)c1sc(C(C)(C)C)c(S)c1S. The molecule has 0 aromatic carbocycles. The maximum Gasteiger partial charge on any atom is 0.0322 e. The van der Waals surface area contributed by atoms with Crippen LogP contribution in [-0.2, 0) is 5.41 Å². The first-order chi connectivity index (χ1) is 6.25. The maximum absolute atomic E-state index is 4.55. The van der Waals surface area contributed by atoms with E-state index in [1.54, 1.807) is 0 Å². The van der Waals surface area contributed by atoms with Gasteiger partial charge in [-0.25, -0.2) is 0 Å². The summed E-state index contributed by atoms with van der Waals surface area (Å²) in [6.07, 6.45) is 0. The van der Waals surface area contributed by atoms with Gasteiger partial charge in [-0.3, -0.25) is 0 Å². The molecule has 0 spiro atoms. The number of thiol groups is 2. The monoisotopic (exact) mass is 246 g/mol. The van der Waals surface area contributed by atoms with Crippen LogP contribution >= 0.6 is 36.6 Å². The molecular weight excluding hydrogens is 228 g/mol. The molecular formula is C11H18S3. The van der Waals surface area contributed by atoms with Gasteiger partial charge >= 0.3 is 0 Å². The summed E-state index contributed by atoms with van der Waals surface area (Å²) in [5, 5.41) is 0. The molecule has 0 atom stereocenters. The summed E-state index contributed by atoms with van der Waals surface area (Å²) in [5.41, 5.74) is 0.173. The second-order valence-electron chi connectivity index (χ2n) is 4.90. The third kappa shape index (κ3) is 2.31. The van der Waals surface area contributed by atoms with E-state index < -0.39 is 0 Å². The van der Waals surface area contributed by atoms with Gasteiger partial charge in [-0.1, -0.05) is 34.6 Å². The molecule has 0 bridgehead atoms. The summed E-state index contributed by atoms with van der Waals surface area (Å²) in [4.78, 5) is 4.82. The highest BCUT2D eigenvalue weighted by atomic mass is 32.1. The first-order valence-electron chi connectivity index (χ1n) is 4.80. The molecule has 0 radical (unpaired) electrons. The fraction of sp³-hybridized carbons (Fsp3) is 0.636. The van der Waals surface area contributed by atoms with Crippen molar-refractivity contribution in [2.75, 3.05) is 0 Å². The van der Waals surface area contributed by atoms with Crippen molar-refractivity contribution in [2.45, 2.75) is 55.7 Å². The summed E-state index contributed by atoms with van der Waals surface area (Å²) >= 11 is 10.9. The van der Waals surface area contributed by atoms with Gasteiger partial charge in [-0.15, -0.1) is 36.6 Å². The minimum absolute atomic E-state index is 0.173. The first kappa shape index (κ1) is 12.5. The van der Waals surface area contributed by atoms with Crippen molar-refractivity contribution >= 4 is 36.6 Å². The highest BCUT2D eigenvalue weighted by molar-refractivity contribution is 7.84. The fourth-order valence-electron chi connectivity index (χ4n) is 1.33. The second-order valence-corrected chi connectivity index (χ2v) is 6.84. The van der Waals surface area contributed by atoms with E-state index in [0.717, 1.165) is 9.79 Å². The van der Waals surface area contributed by atoms with Gasteiger partial charge in [-0.2, -0.15) is 0 Å². The van der Waals surface area contributed by atoms with Gasteiger partial charge in [0.25, 0.3) is 0 Å². The number of hydrogen-bond acceptors (Lipinski definition) is 3. The van der Waals surface area contributed by atoms with E-state index in [9.17, 15) is 0 Å². The Hall–Kier alpha value is 0.400. The largest absolute Gasteiger partial charge is 0.142 e. The standard InChI is InChI=1S/C11H18S3/c1-6(2)9-7(12)8(13)10(14-9)11(3,4)5/h6,12-13H,1-5H3. The van der Waals surface area contributed by atoms with Crippen molar-refractivity contribution in [3.63, 3.8) is 0 Å². The minimum Gasteiger partial charge on any atom is -0.142 e. The minimum atomic E-state index is 0.173. The van der Waals surface area contributed by atoms with E-state index in [1.807, 2.05) is 11.3 Å². The van der Waals surface area contributed by atoms with Gasteiger partial charge in [0, 0.05) is 19.5 Å². The Morgan fingerprint density at radius 1 is 1.07 bits per heavy atom. The molecule has 0 N–H and O–H groups in total. The van der Waals surface area contributed by atoms with Crippen LogP contribution in [0, 0.1) is 0 Å². The molecule has 1 rings (SSSR count). The number of rotatable bonds is 1. The summed E-state index contributed by atoms with van der Waals surface area (Å²) in [6, 6.07) is 0. The lowest BCUT2D eigenvalue weighted by Crippen LogP contribution is -2.09. The molecule has 0 aliphatic carbocycles. The zero-order valence-corrected chi connectivity index (χ0v) is 12.0. The van der Waals surface area contributed by atoms with E-state index in [2.05, 4.69) is 59.9 Å². The zero-order chi connectivity index (χ0) is 11.1. The third-order valence-electron chi connectivity index (χ3n) is 2.09. The zero-order valence-electron chi connectivity index (χ0n) is 9.38.